The second kappa shape index (κ2) is 34.3. The number of carbonyl (C=O) groups excluding carboxylic acids is 11. The number of aliphatic hydroxyl groups is 1. The number of fused-ring (bicyclic) bond motifs is 2. The summed E-state index contributed by atoms with van der Waals surface area (Å²) in [6, 6.07) is -3.00. The van der Waals surface area contributed by atoms with Crippen molar-refractivity contribution in [3.05, 3.63) is 72.9 Å². The molecular weight excluding hydrogens is 1440 g/mol. The van der Waals surface area contributed by atoms with Crippen LogP contribution >= 0.6 is 0 Å². The SMILES string of the molecule is CC(C)(C)[C@H](CC(=O)[C@@H](NC(=O)c1cnccn1)C1CCCCC1)C(=O)N1C[C@]2(C[C@H]1C(=O)CC(CC1CCC1)C(=O)C(N)=O)C(C)(C)C21CCC1.CC(C)(C)[C@H](CC(=O)[C@@H](NC(=O)c1cnccn1)C1CCCCC1)C(=O)N1C[C@]2(C[C@H]1C(=O)CC(CC1CCC1)C(O)C(N)=O)C(C)(C)C21CCC1.O=C(O)c1cnccn1. The summed E-state index contributed by atoms with van der Waals surface area (Å²) in [7, 11) is 0. The standard InChI is InChI=1S/C41H61N5O6.C41H59N5O6.C5H4N2O2/c2*1-38(2,3)28(21-32(48)33(26-13-7-6-8-14-26)45-36(51)29-23-43-17-18-44-29)37(52)46-24-41(39(4,5)40(41)15-10-16-40)22-30(46)31(47)20-27(34(49)35(42)50)19-25-11-9-12-25;8-5(9)4-3-6-1-2-7-4/h17-18,23,25-28,30,33-34,49H,6-16,19-22,24H2,1-5H3,(H2,42,50)(H,45,51);17-18,23,25-28,30,33H,6-16,19-22,24H2,1-5H3,(H2,42,50)(H,45,51);1-3H,(H,8,9)/t27?,28-,30+,33+,34?,41-;27?,28-,30+,33+,41-;/m11./s1. The topological polar surface area (TPSA) is 405 Å². The first-order valence-corrected chi connectivity index (χ1v) is 42.0. The number of carbonyl (C=O) groups is 12. The maximum atomic E-state index is 15.1. The summed E-state index contributed by atoms with van der Waals surface area (Å²) >= 11 is 0. The minimum atomic E-state index is -1.42. The Morgan fingerprint density at radius 2 is 0.867 bits per heavy atom. The van der Waals surface area contributed by atoms with Crippen molar-refractivity contribution in [1.82, 2.24) is 50.3 Å². The van der Waals surface area contributed by atoms with Gasteiger partial charge in [0.05, 0.1) is 42.8 Å². The monoisotopic (exact) mass is 1560 g/mol. The Balaban J connectivity index is 0.000000200. The van der Waals surface area contributed by atoms with Crippen molar-refractivity contribution in [3.8, 4) is 0 Å². The van der Waals surface area contributed by atoms with Crippen LogP contribution in [0, 0.1) is 90.7 Å². The molecule has 13 rings (SSSR count). The molecule has 0 radical (unpaired) electrons. The molecule has 0 bridgehead atoms. The maximum Gasteiger partial charge on any atom is 0.356 e. The molecule has 6 amide bonds. The lowest BCUT2D eigenvalue weighted by molar-refractivity contribution is -0.147. The lowest BCUT2D eigenvalue weighted by Gasteiger charge is -2.37. The van der Waals surface area contributed by atoms with Gasteiger partial charge in [0.2, 0.25) is 23.5 Å². The number of aromatic nitrogens is 6. The predicted octanol–water partition coefficient (Wildman–Crippen LogP) is 10.8. The molecule has 113 heavy (non-hydrogen) atoms. The molecule has 3 aromatic heterocycles. The van der Waals surface area contributed by atoms with E-state index in [1.165, 1.54) is 55.8 Å². The van der Waals surface area contributed by atoms with Gasteiger partial charge in [0, 0.05) is 110 Å². The van der Waals surface area contributed by atoms with Crippen LogP contribution in [0.2, 0.25) is 0 Å². The number of carboxylic acids is 1. The molecule has 5 heterocycles. The highest BCUT2D eigenvalue weighted by molar-refractivity contribution is 6.36. The molecule has 616 valence electrons. The van der Waals surface area contributed by atoms with E-state index in [0.29, 0.717) is 44.7 Å². The number of ketones is 5. The molecule has 8 N–H and O–H groups in total. The van der Waals surface area contributed by atoms with E-state index in [4.69, 9.17) is 16.6 Å². The molecule has 8 saturated carbocycles. The molecule has 2 aliphatic heterocycles. The van der Waals surface area contributed by atoms with Gasteiger partial charge in [-0.25, -0.2) is 19.7 Å². The van der Waals surface area contributed by atoms with Gasteiger partial charge in [-0.05, 0) is 133 Å². The van der Waals surface area contributed by atoms with Gasteiger partial charge in [0.25, 0.3) is 17.7 Å². The van der Waals surface area contributed by atoms with Gasteiger partial charge in [0.1, 0.15) is 17.5 Å². The van der Waals surface area contributed by atoms with Gasteiger partial charge < -0.3 is 42.1 Å². The van der Waals surface area contributed by atoms with Gasteiger partial charge in [0.15, 0.2) is 28.8 Å². The number of aliphatic hydroxyl groups excluding tert-OH is 1. The average Bonchev–Trinajstić information content (AvgIpc) is 1.46. The maximum absolute atomic E-state index is 15.1. The number of amides is 6. The number of primary amides is 2. The van der Waals surface area contributed by atoms with Crippen LogP contribution in [0.15, 0.2) is 55.8 Å². The Morgan fingerprint density at radius 1 is 0.487 bits per heavy atom. The van der Waals surface area contributed by atoms with Gasteiger partial charge >= 0.3 is 5.97 Å². The highest BCUT2D eigenvalue weighted by atomic mass is 16.4. The van der Waals surface area contributed by atoms with Crippen molar-refractivity contribution < 1.29 is 67.7 Å². The minimum absolute atomic E-state index is 0.0180. The largest absolute Gasteiger partial charge is 0.476 e. The minimum Gasteiger partial charge on any atom is -0.476 e. The molecule has 0 aromatic carbocycles. The lowest BCUT2D eigenvalue weighted by atomic mass is 9.73. The molecule has 4 spiro atoms. The smallest absolute Gasteiger partial charge is 0.356 e. The Bertz CT molecular complexity index is 4000. The number of nitrogens with two attached hydrogens (primary N) is 2. The third-order valence-electron chi connectivity index (χ3n) is 30.3. The molecular formula is C87H124N12O14. The number of Topliss-reactive ketones (excluding diaryl/α,β-unsaturated/α-hetero) is 5. The summed E-state index contributed by atoms with van der Waals surface area (Å²) in [6.45, 7) is 21.7. The van der Waals surface area contributed by atoms with Crippen LogP contribution in [0.4, 0.5) is 0 Å². The fourth-order valence-electron chi connectivity index (χ4n) is 22.5. The molecule has 10 aliphatic rings. The Hall–Kier alpha value is -8.16. The number of hydrogen-bond acceptors (Lipinski definition) is 19. The van der Waals surface area contributed by atoms with E-state index in [2.05, 4.69) is 68.2 Å². The molecule has 11 atom stereocenters. The van der Waals surface area contributed by atoms with Gasteiger partial charge in [-0.1, -0.05) is 159 Å². The highest BCUT2D eigenvalue weighted by Gasteiger charge is 2.86. The number of nitrogens with zero attached hydrogens (tertiary/aromatic N) is 8. The zero-order valence-corrected chi connectivity index (χ0v) is 68.4. The lowest BCUT2D eigenvalue weighted by Crippen LogP contribution is -2.51. The number of aromatic carboxylic acids is 1. The zero-order chi connectivity index (χ0) is 82.0. The number of rotatable bonds is 29. The van der Waals surface area contributed by atoms with Crippen LogP contribution in [0.3, 0.4) is 0 Å². The number of hydrogen-bond donors (Lipinski definition) is 6. The molecule has 2 saturated heterocycles. The number of carboxylic acid groups (broad SMARTS) is 1. The molecule has 3 aromatic rings. The first kappa shape index (κ1) is 85.7. The van der Waals surface area contributed by atoms with Crippen LogP contribution in [0.5, 0.6) is 0 Å². The fourth-order valence-corrected chi connectivity index (χ4v) is 22.5. The van der Waals surface area contributed by atoms with Crippen molar-refractivity contribution in [3.63, 3.8) is 0 Å². The van der Waals surface area contributed by atoms with Crippen molar-refractivity contribution in [1.29, 1.82) is 0 Å². The first-order chi connectivity index (χ1) is 53.4. The van der Waals surface area contributed by atoms with E-state index >= 15 is 9.59 Å². The van der Waals surface area contributed by atoms with E-state index in [9.17, 15) is 53.1 Å². The normalized spacial score (nSPS) is 25.8. The third kappa shape index (κ3) is 17.3. The first-order valence-electron chi connectivity index (χ1n) is 42.0. The van der Waals surface area contributed by atoms with E-state index in [1.54, 1.807) is 9.80 Å². The summed E-state index contributed by atoms with van der Waals surface area (Å²) in [6.07, 6.45) is 34.9. The third-order valence-corrected chi connectivity index (χ3v) is 30.3. The summed E-state index contributed by atoms with van der Waals surface area (Å²) in [4.78, 5) is 189. The van der Waals surface area contributed by atoms with Crippen molar-refractivity contribution >= 4 is 70.3 Å². The van der Waals surface area contributed by atoms with Gasteiger partial charge in [-0.3, -0.25) is 67.7 Å². The average molecular weight is 1560 g/mol. The summed E-state index contributed by atoms with van der Waals surface area (Å²) in [5, 5.41) is 25.1. The van der Waals surface area contributed by atoms with Crippen LogP contribution in [0.25, 0.3) is 0 Å². The van der Waals surface area contributed by atoms with Crippen LogP contribution in [-0.4, -0.2) is 164 Å². The molecule has 3 unspecified atom stereocenters. The van der Waals surface area contributed by atoms with Gasteiger partial charge in [-0.2, -0.15) is 0 Å². The predicted molar refractivity (Wildman–Crippen MR) is 419 cm³/mol. The number of likely N-dealkylation sites (tertiary alicyclic amines) is 2. The zero-order valence-electron chi connectivity index (χ0n) is 68.4. The Labute approximate surface area is 665 Å². The second-order valence-corrected chi connectivity index (χ2v) is 38.6. The summed E-state index contributed by atoms with van der Waals surface area (Å²) in [5.74, 6) is -7.99. The Morgan fingerprint density at radius 3 is 1.17 bits per heavy atom. The van der Waals surface area contributed by atoms with E-state index in [0.717, 1.165) is 141 Å². The summed E-state index contributed by atoms with van der Waals surface area (Å²) < 4.78 is 0. The molecule has 8 aliphatic carbocycles. The van der Waals surface area contributed by atoms with Crippen LogP contribution in [-0.2, 0) is 43.2 Å². The van der Waals surface area contributed by atoms with Gasteiger partial charge in [-0.15, -0.1) is 0 Å². The quantitative estimate of drug-likeness (QED) is 0.0352. The second-order valence-electron chi connectivity index (χ2n) is 38.6. The van der Waals surface area contributed by atoms with E-state index in [1.807, 2.05) is 41.5 Å². The van der Waals surface area contributed by atoms with Crippen molar-refractivity contribution in [2.24, 2.45) is 102 Å². The Kier molecular flexibility index (Phi) is 26.0. The molecule has 10 fully saturated rings. The highest BCUT2D eigenvalue weighted by Crippen LogP contribution is 2.89. The van der Waals surface area contributed by atoms with Crippen molar-refractivity contribution in [2.45, 2.75) is 292 Å². The van der Waals surface area contributed by atoms with Crippen molar-refractivity contribution in [2.75, 3.05) is 13.1 Å². The van der Waals surface area contributed by atoms with Crippen LogP contribution < -0.4 is 22.1 Å². The number of nitrogens with one attached hydrogen (secondary N) is 2. The van der Waals surface area contributed by atoms with Crippen LogP contribution in [0.1, 0.15) is 293 Å². The summed E-state index contributed by atoms with van der Waals surface area (Å²) in [5.41, 5.74) is 9.62. The van der Waals surface area contributed by atoms with E-state index < -0.39 is 100 Å². The molecule has 26 heteroatoms. The van der Waals surface area contributed by atoms with E-state index in [-0.39, 0.29) is 128 Å². The fraction of sp³-hybridized carbons (Fsp3) is 0.724. The molecule has 26 nitrogen and oxygen atoms in total.